The van der Waals surface area contributed by atoms with E-state index in [-0.39, 0.29) is 5.91 Å². The monoisotopic (exact) mass is 281 g/mol. The molecule has 0 saturated carbocycles. The molecule has 0 spiro atoms. The van der Waals surface area contributed by atoms with Crippen molar-refractivity contribution >= 4 is 16.8 Å². The highest BCUT2D eigenvalue weighted by atomic mass is 16.1. The lowest BCUT2D eigenvalue weighted by Crippen LogP contribution is -2.57. The number of carbonyl (C=O) groups excluding carboxylic acids is 1. The van der Waals surface area contributed by atoms with Crippen LogP contribution in [0.1, 0.15) is 23.2 Å². The minimum atomic E-state index is 0.0412. The number of nitrogens with zero attached hydrogens (tertiary/aromatic N) is 2. The fraction of sp³-hybridized carbons (Fsp3) is 0.412. The Morgan fingerprint density at radius 3 is 2.86 bits per heavy atom. The molecule has 1 aromatic heterocycles. The van der Waals surface area contributed by atoms with Gasteiger partial charge in [0.2, 0.25) is 0 Å². The van der Waals surface area contributed by atoms with E-state index in [1.165, 1.54) is 25.9 Å². The summed E-state index contributed by atoms with van der Waals surface area (Å²) in [6, 6.07) is 9.92. The van der Waals surface area contributed by atoms with Gasteiger partial charge in [-0.1, -0.05) is 6.07 Å². The first-order chi connectivity index (χ1) is 10.3. The number of amides is 1. The van der Waals surface area contributed by atoms with Crippen LogP contribution < -0.4 is 5.32 Å². The van der Waals surface area contributed by atoms with Crippen LogP contribution in [-0.4, -0.2) is 41.5 Å². The molecule has 3 fully saturated rings. The van der Waals surface area contributed by atoms with Crippen LogP contribution in [0.2, 0.25) is 0 Å². The lowest BCUT2D eigenvalue weighted by molar-refractivity contribution is 0.0620. The highest BCUT2D eigenvalue weighted by Gasteiger charge is 2.34. The second-order valence-corrected chi connectivity index (χ2v) is 6.13. The van der Waals surface area contributed by atoms with Gasteiger partial charge in [0, 0.05) is 29.7 Å². The molecular weight excluding hydrogens is 262 g/mol. The lowest BCUT2D eigenvalue weighted by atomic mass is 9.84. The first-order valence-corrected chi connectivity index (χ1v) is 7.67. The van der Waals surface area contributed by atoms with Crippen LogP contribution in [0, 0.1) is 5.92 Å². The fourth-order valence-corrected chi connectivity index (χ4v) is 3.60. The highest BCUT2D eigenvalue weighted by molar-refractivity contribution is 5.98. The smallest absolute Gasteiger partial charge is 0.251 e. The Balaban J connectivity index is 1.53. The van der Waals surface area contributed by atoms with Crippen molar-refractivity contribution in [2.24, 2.45) is 5.92 Å². The summed E-state index contributed by atoms with van der Waals surface area (Å²) in [6.07, 6.45) is 4.20. The first-order valence-electron chi connectivity index (χ1n) is 7.67. The maximum absolute atomic E-state index is 12.5. The van der Waals surface area contributed by atoms with E-state index in [9.17, 15) is 4.79 Å². The van der Waals surface area contributed by atoms with Crippen LogP contribution in [0.5, 0.6) is 0 Å². The number of hydrogen-bond donors (Lipinski definition) is 1. The number of carbonyl (C=O) groups is 1. The van der Waals surface area contributed by atoms with Gasteiger partial charge in [-0.15, -0.1) is 0 Å². The van der Waals surface area contributed by atoms with Crippen molar-refractivity contribution in [2.75, 3.05) is 19.6 Å². The molecule has 1 unspecified atom stereocenters. The molecule has 0 aliphatic carbocycles. The maximum Gasteiger partial charge on any atom is 0.251 e. The molecule has 3 saturated heterocycles. The van der Waals surface area contributed by atoms with Crippen LogP contribution in [0.25, 0.3) is 10.9 Å². The molecular formula is C17H19N3O. The topological polar surface area (TPSA) is 45.2 Å². The predicted octanol–water partition coefficient (Wildman–Crippen LogP) is 2.06. The molecule has 1 amide bonds. The number of rotatable bonds is 2. The summed E-state index contributed by atoms with van der Waals surface area (Å²) in [6.45, 7) is 3.39. The van der Waals surface area contributed by atoms with E-state index in [1.54, 1.807) is 6.20 Å². The van der Waals surface area contributed by atoms with Gasteiger partial charge >= 0.3 is 0 Å². The molecule has 2 aromatic rings. The van der Waals surface area contributed by atoms with Gasteiger partial charge in [-0.2, -0.15) is 0 Å². The van der Waals surface area contributed by atoms with Crippen molar-refractivity contribution in [1.29, 1.82) is 0 Å². The lowest BCUT2D eigenvalue weighted by Gasteiger charge is -2.44. The molecule has 108 valence electrons. The summed E-state index contributed by atoms with van der Waals surface area (Å²) < 4.78 is 0. The molecule has 3 aliphatic rings. The van der Waals surface area contributed by atoms with Crippen LogP contribution in [0.3, 0.4) is 0 Å². The Labute approximate surface area is 124 Å². The molecule has 0 radical (unpaired) electrons. The van der Waals surface area contributed by atoms with Crippen molar-refractivity contribution in [1.82, 2.24) is 15.2 Å². The van der Waals surface area contributed by atoms with Gasteiger partial charge in [0.25, 0.3) is 5.91 Å². The average molecular weight is 281 g/mol. The van der Waals surface area contributed by atoms with Gasteiger partial charge in [0.05, 0.1) is 5.52 Å². The largest absolute Gasteiger partial charge is 0.348 e. The normalized spacial score (nSPS) is 27.7. The zero-order chi connectivity index (χ0) is 14.2. The Bertz CT molecular complexity index is 677. The average Bonchev–Trinajstić information content (AvgIpc) is 2.55. The third-order valence-electron chi connectivity index (χ3n) is 4.84. The van der Waals surface area contributed by atoms with Crippen LogP contribution in [-0.2, 0) is 0 Å². The number of benzene rings is 1. The van der Waals surface area contributed by atoms with Crippen LogP contribution in [0.15, 0.2) is 36.5 Å². The minimum absolute atomic E-state index is 0.0412. The van der Waals surface area contributed by atoms with Crippen molar-refractivity contribution in [3.05, 3.63) is 42.1 Å². The first kappa shape index (κ1) is 12.8. The quantitative estimate of drug-likeness (QED) is 0.916. The summed E-state index contributed by atoms with van der Waals surface area (Å²) in [7, 11) is 0. The van der Waals surface area contributed by atoms with Gasteiger partial charge < -0.3 is 10.2 Å². The molecule has 21 heavy (non-hydrogen) atoms. The minimum Gasteiger partial charge on any atom is -0.348 e. The Hall–Kier alpha value is -1.94. The van der Waals surface area contributed by atoms with E-state index >= 15 is 0 Å². The van der Waals surface area contributed by atoms with E-state index in [0.29, 0.717) is 12.0 Å². The molecule has 2 bridgehead atoms. The SMILES string of the molecule is O=C(NC1CN2CCC1CC2)c1ccc2ncccc2c1. The van der Waals surface area contributed by atoms with Crippen LogP contribution >= 0.6 is 0 Å². The third-order valence-corrected chi connectivity index (χ3v) is 4.84. The van der Waals surface area contributed by atoms with Crippen molar-refractivity contribution in [2.45, 2.75) is 18.9 Å². The molecule has 4 nitrogen and oxygen atoms in total. The standard InChI is InChI=1S/C17H19N3O/c21-17(19-16-11-20-8-5-12(16)6-9-20)14-3-4-15-13(10-14)2-1-7-18-15/h1-4,7,10,12,16H,5-6,8-9,11H2,(H,19,21). The van der Waals surface area contributed by atoms with Crippen LogP contribution in [0.4, 0.5) is 0 Å². The van der Waals surface area contributed by atoms with E-state index < -0.39 is 0 Å². The van der Waals surface area contributed by atoms with E-state index in [0.717, 1.165) is 23.0 Å². The van der Waals surface area contributed by atoms with Gasteiger partial charge in [-0.3, -0.25) is 9.78 Å². The molecule has 3 aliphatic heterocycles. The zero-order valence-electron chi connectivity index (χ0n) is 12.0. The van der Waals surface area contributed by atoms with Gasteiger partial charge in [-0.05, 0) is 56.1 Å². The summed E-state index contributed by atoms with van der Waals surface area (Å²) in [5, 5.41) is 4.24. The summed E-state index contributed by atoms with van der Waals surface area (Å²) in [5.41, 5.74) is 1.66. The third kappa shape index (κ3) is 2.40. The molecule has 4 heteroatoms. The molecule has 1 atom stereocenters. The number of fused-ring (bicyclic) bond motifs is 4. The second-order valence-electron chi connectivity index (χ2n) is 6.13. The van der Waals surface area contributed by atoms with E-state index in [4.69, 9.17) is 0 Å². The Morgan fingerprint density at radius 1 is 1.24 bits per heavy atom. The molecule has 4 heterocycles. The predicted molar refractivity (Wildman–Crippen MR) is 82.2 cm³/mol. The molecule has 1 aromatic carbocycles. The molecule has 1 N–H and O–H groups in total. The number of hydrogen-bond acceptors (Lipinski definition) is 3. The maximum atomic E-state index is 12.5. The van der Waals surface area contributed by atoms with Gasteiger partial charge in [0.15, 0.2) is 0 Å². The number of piperidine rings is 3. The van der Waals surface area contributed by atoms with E-state index in [1.807, 2.05) is 30.3 Å². The zero-order valence-corrected chi connectivity index (χ0v) is 12.0. The number of nitrogens with one attached hydrogen (secondary N) is 1. The van der Waals surface area contributed by atoms with Crippen molar-refractivity contribution in [3.8, 4) is 0 Å². The van der Waals surface area contributed by atoms with Crippen molar-refractivity contribution < 1.29 is 4.79 Å². The second kappa shape index (κ2) is 5.11. The summed E-state index contributed by atoms with van der Waals surface area (Å²) >= 11 is 0. The summed E-state index contributed by atoms with van der Waals surface area (Å²) in [5.74, 6) is 0.695. The summed E-state index contributed by atoms with van der Waals surface area (Å²) in [4.78, 5) is 19.2. The number of pyridine rings is 1. The fourth-order valence-electron chi connectivity index (χ4n) is 3.60. The highest BCUT2D eigenvalue weighted by Crippen LogP contribution is 2.27. The molecule has 5 rings (SSSR count). The van der Waals surface area contributed by atoms with Gasteiger partial charge in [-0.25, -0.2) is 0 Å². The van der Waals surface area contributed by atoms with E-state index in [2.05, 4.69) is 15.2 Å². The number of aromatic nitrogens is 1. The van der Waals surface area contributed by atoms with Gasteiger partial charge in [0.1, 0.15) is 0 Å². The van der Waals surface area contributed by atoms with Crippen molar-refractivity contribution in [3.63, 3.8) is 0 Å². The Kier molecular flexibility index (Phi) is 3.11. The Morgan fingerprint density at radius 2 is 2.10 bits per heavy atom.